The topological polar surface area (TPSA) is 112 Å². The van der Waals surface area contributed by atoms with Crippen LogP contribution in [0.15, 0.2) is 24.3 Å². The number of carbonyl (C=O) groups excluding carboxylic acids is 1. The Morgan fingerprint density at radius 1 is 1.32 bits per heavy atom. The predicted octanol–water partition coefficient (Wildman–Crippen LogP) is 0.725. The summed E-state index contributed by atoms with van der Waals surface area (Å²) in [5, 5.41) is 15.6. The lowest BCUT2D eigenvalue weighted by atomic mass is 10.1. The van der Waals surface area contributed by atoms with E-state index >= 15 is 0 Å². The van der Waals surface area contributed by atoms with Gasteiger partial charge in [0.2, 0.25) is 0 Å². The first-order valence-electron chi connectivity index (χ1n) is 8.76. The van der Waals surface area contributed by atoms with Gasteiger partial charge in [-0.25, -0.2) is 4.79 Å². The molecule has 2 rings (SSSR count). The lowest BCUT2D eigenvalue weighted by Gasteiger charge is -2.36. The molecule has 2 amide bonds. The lowest BCUT2D eigenvalue weighted by Crippen LogP contribution is -2.68. The van der Waals surface area contributed by atoms with E-state index in [9.17, 15) is 4.79 Å². The van der Waals surface area contributed by atoms with Gasteiger partial charge in [0.25, 0.3) is 0 Å². The van der Waals surface area contributed by atoms with E-state index in [-0.39, 0.29) is 30.6 Å². The molecule has 8 heteroatoms. The Labute approximate surface area is 149 Å². The minimum Gasteiger partial charge on any atom is -0.491 e. The molecular weight excluding hydrogens is 320 g/mol. The van der Waals surface area contributed by atoms with E-state index in [1.807, 2.05) is 38.1 Å². The Bertz CT molecular complexity index is 536. The molecule has 0 bridgehead atoms. The van der Waals surface area contributed by atoms with Gasteiger partial charge >= 0.3 is 6.03 Å². The first-order valence-corrected chi connectivity index (χ1v) is 8.76. The number of ether oxygens (including phenoxy) is 1. The van der Waals surface area contributed by atoms with Crippen molar-refractivity contribution in [2.45, 2.75) is 51.8 Å². The van der Waals surface area contributed by atoms with Gasteiger partial charge in [-0.2, -0.15) is 0 Å². The number of hydrogen-bond donors (Lipinski definition) is 6. The second kappa shape index (κ2) is 9.57. The fourth-order valence-corrected chi connectivity index (χ4v) is 2.69. The first-order chi connectivity index (χ1) is 12.0. The SMILES string of the molecule is CC1CC(NCCN)NC(NC(=O)Nc2ccc(OC(C)C)cc2)N1. The molecule has 1 saturated heterocycles. The number of nitrogens with one attached hydrogen (secondary N) is 5. The molecule has 0 aliphatic carbocycles. The fourth-order valence-electron chi connectivity index (χ4n) is 2.69. The van der Waals surface area contributed by atoms with E-state index in [1.165, 1.54) is 0 Å². The van der Waals surface area contributed by atoms with Gasteiger partial charge in [-0.1, -0.05) is 0 Å². The highest BCUT2D eigenvalue weighted by molar-refractivity contribution is 5.89. The number of urea groups is 1. The minimum atomic E-state index is -0.317. The Morgan fingerprint density at radius 2 is 2.04 bits per heavy atom. The summed E-state index contributed by atoms with van der Waals surface area (Å²) in [6.07, 6.45) is 0.824. The standard InChI is InChI=1S/C17H30N6O2/c1-11(2)25-14-6-4-13(5-7-14)21-17(24)23-16-20-12(3)10-15(22-16)19-9-8-18/h4-7,11-12,15-16,19-20,22H,8-10,18H2,1-3H3,(H2,21,23,24). The van der Waals surface area contributed by atoms with Gasteiger partial charge in [-0.05, 0) is 51.5 Å². The number of anilines is 1. The molecule has 1 aromatic rings. The second-order valence-corrected chi connectivity index (χ2v) is 6.49. The highest BCUT2D eigenvalue weighted by atomic mass is 16.5. The summed E-state index contributed by atoms with van der Waals surface area (Å²) in [7, 11) is 0. The summed E-state index contributed by atoms with van der Waals surface area (Å²) >= 11 is 0. The maximum absolute atomic E-state index is 12.2. The number of benzene rings is 1. The van der Waals surface area contributed by atoms with Gasteiger partial charge in [0, 0.05) is 24.8 Å². The number of nitrogens with two attached hydrogens (primary N) is 1. The van der Waals surface area contributed by atoms with Crippen LogP contribution in [0.5, 0.6) is 5.75 Å². The quantitative estimate of drug-likeness (QED) is 0.432. The van der Waals surface area contributed by atoms with Gasteiger partial charge in [-0.15, -0.1) is 0 Å². The number of amides is 2. The lowest BCUT2D eigenvalue weighted by molar-refractivity contribution is 0.194. The van der Waals surface area contributed by atoms with Crippen molar-refractivity contribution in [1.29, 1.82) is 0 Å². The normalized spacial score (nSPS) is 23.3. The Balaban J connectivity index is 1.82. The van der Waals surface area contributed by atoms with Crippen molar-refractivity contribution in [1.82, 2.24) is 21.3 Å². The van der Waals surface area contributed by atoms with Crippen LogP contribution in [0, 0.1) is 0 Å². The average molecular weight is 350 g/mol. The molecule has 0 saturated carbocycles. The van der Waals surface area contributed by atoms with E-state index in [1.54, 1.807) is 0 Å². The van der Waals surface area contributed by atoms with E-state index in [4.69, 9.17) is 10.5 Å². The van der Waals surface area contributed by atoms with E-state index in [0.29, 0.717) is 12.2 Å². The zero-order valence-electron chi connectivity index (χ0n) is 15.1. The molecule has 3 unspecified atom stereocenters. The van der Waals surface area contributed by atoms with Gasteiger partial charge in [0.15, 0.2) is 0 Å². The van der Waals surface area contributed by atoms with E-state index < -0.39 is 0 Å². The van der Waals surface area contributed by atoms with Crippen LogP contribution in [0.1, 0.15) is 27.2 Å². The van der Waals surface area contributed by atoms with Gasteiger partial charge < -0.3 is 26.4 Å². The summed E-state index contributed by atoms with van der Waals surface area (Å²) in [6.45, 7) is 7.34. The van der Waals surface area contributed by atoms with Gasteiger partial charge in [0.05, 0.1) is 12.3 Å². The average Bonchev–Trinajstić information content (AvgIpc) is 2.53. The molecule has 1 aliphatic heterocycles. The molecule has 0 aromatic heterocycles. The fraction of sp³-hybridized carbons (Fsp3) is 0.588. The molecule has 1 aromatic carbocycles. The van der Waals surface area contributed by atoms with Crippen LogP contribution in [0.2, 0.25) is 0 Å². The van der Waals surface area contributed by atoms with Crippen molar-refractivity contribution in [2.75, 3.05) is 18.4 Å². The van der Waals surface area contributed by atoms with Crippen molar-refractivity contribution < 1.29 is 9.53 Å². The van der Waals surface area contributed by atoms with Crippen LogP contribution in [0.4, 0.5) is 10.5 Å². The summed E-state index contributed by atoms with van der Waals surface area (Å²) in [5.74, 6) is 0.777. The molecule has 140 valence electrons. The van der Waals surface area contributed by atoms with Crippen molar-refractivity contribution in [3.63, 3.8) is 0 Å². The molecule has 8 nitrogen and oxygen atoms in total. The third kappa shape index (κ3) is 6.87. The van der Waals surface area contributed by atoms with Crippen molar-refractivity contribution >= 4 is 11.7 Å². The van der Waals surface area contributed by atoms with Gasteiger partial charge in [0.1, 0.15) is 12.0 Å². The third-order valence-corrected chi connectivity index (χ3v) is 3.70. The van der Waals surface area contributed by atoms with Crippen LogP contribution in [0.3, 0.4) is 0 Å². The minimum absolute atomic E-state index is 0.109. The zero-order chi connectivity index (χ0) is 18.2. The number of carbonyl (C=O) groups is 1. The monoisotopic (exact) mass is 350 g/mol. The zero-order valence-corrected chi connectivity index (χ0v) is 15.1. The maximum Gasteiger partial charge on any atom is 0.321 e. The molecule has 0 radical (unpaired) electrons. The van der Waals surface area contributed by atoms with Crippen molar-refractivity contribution in [3.05, 3.63) is 24.3 Å². The molecule has 25 heavy (non-hydrogen) atoms. The van der Waals surface area contributed by atoms with Gasteiger partial charge in [-0.3, -0.25) is 10.6 Å². The van der Waals surface area contributed by atoms with Crippen LogP contribution in [-0.2, 0) is 0 Å². The first kappa shape index (κ1) is 19.5. The molecular formula is C17H30N6O2. The third-order valence-electron chi connectivity index (χ3n) is 3.70. The van der Waals surface area contributed by atoms with Crippen LogP contribution >= 0.6 is 0 Å². The second-order valence-electron chi connectivity index (χ2n) is 6.49. The van der Waals surface area contributed by atoms with Crippen LogP contribution in [-0.4, -0.2) is 43.7 Å². The van der Waals surface area contributed by atoms with E-state index in [2.05, 4.69) is 33.5 Å². The number of rotatable bonds is 7. The smallest absolute Gasteiger partial charge is 0.321 e. The van der Waals surface area contributed by atoms with Crippen molar-refractivity contribution in [2.24, 2.45) is 5.73 Å². The van der Waals surface area contributed by atoms with Crippen molar-refractivity contribution in [3.8, 4) is 5.75 Å². The summed E-state index contributed by atoms with van der Waals surface area (Å²) in [5.41, 5.74) is 6.23. The van der Waals surface area contributed by atoms with Crippen LogP contribution in [0.25, 0.3) is 0 Å². The Morgan fingerprint density at radius 3 is 2.68 bits per heavy atom. The summed E-state index contributed by atoms with van der Waals surface area (Å²) in [6, 6.07) is 7.28. The maximum atomic E-state index is 12.2. The predicted molar refractivity (Wildman–Crippen MR) is 99.3 cm³/mol. The molecule has 1 heterocycles. The molecule has 1 fully saturated rings. The molecule has 0 spiro atoms. The highest BCUT2D eigenvalue weighted by Crippen LogP contribution is 2.16. The molecule has 1 aliphatic rings. The summed E-state index contributed by atoms with van der Waals surface area (Å²) < 4.78 is 5.59. The molecule has 7 N–H and O–H groups in total. The number of hydrogen-bond acceptors (Lipinski definition) is 6. The Hall–Kier alpha value is -1.87. The Kier molecular flexibility index (Phi) is 7.45. The van der Waals surface area contributed by atoms with E-state index in [0.717, 1.165) is 18.7 Å². The van der Waals surface area contributed by atoms with Crippen LogP contribution < -0.4 is 37.1 Å². The highest BCUT2D eigenvalue weighted by Gasteiger charge is 2.25. The largest absolute Gasteiger partial charge is 0.491 e. The molecule has 3 atom stereocenters. The summed E-state index contributed by atoms with van der Waals surface area (Å²) in [4.78, 5) is 12.2.